The van der Waals surface area contributed by atoms with Gasteiger partial charge in [-0.05, 0) is 91.1 Å². The summed E-state index contributed by atoms with van der Waals surface area (Å²) in [5.41, 5.74) is 8.10. The van der Waals surface area contributed by atoms with Crippen LogP contribution in [0, 0.1) is 23.5 Å². The van der Waals surface area contributed by atoms with E-state index in [0.717, 1.165) is 17.9 Å². The van der Waals surface area contributed by atoms with Gasteiger partial charge in [-0.15, -0.1) is 0 Å². The second-order valence-electron chi connectivity index (χ2n) is 12.2. The fourth-order valence-corrected chi connectivity index (χ4v) is 6.18. The van der Waals surface area contributed by atoms with Gasteiger partial charge in [0.2, 0.25) is 6.41 Å². The van der Waals surface area contributed by atoms with Gasteiger partial charge in [0.05, 0.1) is 18.2 Å². The van der Waals surface area contributed by atoms with Crippen molar-refractivity contribution in [2.45, 2.75) is 31.9 Å². The van der Waals surface area contributed by atoms with Gasteiger partial charge in [0.1, 0.15) is 17.4 Å². The maximum Gasteiger partial charge on any atom is 0.419 e. The number of alkyl halides is 3. The minimum Gasteiger partial charge on any atom is -0.496 e. The average Bonchev–Trinajstić information content (AvgIpc) is 3.67. The molecule has 0 aromatic heterocycles. The monoisotopic (exact) mass is 707 g/mol. The lowest BCUT2D eigenvalue weighted by Crippen LogP contribution is -2.21. The molecular weight excluding hydrogens is 669 g/mol. The van der Waals surface area contributed by atoms with Crippen molar-refractivity contribution in [3.8, 4) is 16.9 Å². The largest absolute Gasteiger partial charge is 0.496 e. The number of nitrogens with zero attached hydrogens (tertiary/aromatic N) is 1. The van der Waals surface area contributed by atoms with Crippen LogP contribution in [0.2, 0.25) is 0 Å². The zero-order valence-corrected chi connectivity index (χ0v) is 28.3. The molecule has 51 heavy (non-hydrogen) atoms. The summed E-state index contributed by atoms with van der Waals surface area (Å²) < 4.78 is 68.4. The van der Waals surface area contributed by atoms with Crippen LogP contribution >= 0.6 is 0 Å². The molecule has 2 fully saturated rings. The summed E-state index contributed by atoms with van der Waals surface area (Å²) in [6.45, 7) is 0. The normalized spacial score (nSPS) is 15.8. The molecule has 0 atom stereocenters. The van der Waals surface area contributed by atoms with Gasteiger partial charge in [0.25, 0.3) is 11.8 Å². The summed E-state index contributed by atoms with van der Waals surface area (Å²) in [6, 6.07) is 21.8. The van der Waals surface area contributed by atoms with E-state index in [2.05, 4.69) is 36.4 Å². The highest BCUT2D eigenvalue weighted by Gasteiger charge is 2.36. The molecule has 3 amide bonds. The number of anilines is 1. The van der Waals surface area contributed by atoms with Crippen LogP contribution in [0.25, 0.3) is 17.2 Å². The van der Waals surface area contributed by atoms with Gasteiger partial charge in [-0.2, -0.15) is 13.2 Å². The summed E-state index contributed by atoms with van der Waals surface area (Å²) in [5, 5.41) is 2.00. The van der Waals surface area contributed by atoms with E-state index < -0.39 is 29.3 Å². The van der Waals surface area contributed by atoms with Crippen LogP contribution in [0.1, 0.15) is 57.5 Å². The Balaban J connectivity index is 0.000000180. The maximum absolute atomic E-state index is 14.4. The summed E-state index contributed by atoms with van der Waals surface area (Å²) >= 11 is 0. The minimum atomic E-state index is -4.76. The van der Waals surface area contributed by atoms with Crippen molar-refractivity contribution < 1.29 is 41.1 Å². The Kier molecular flexibility index (Phi) is 12.7. The van der Waals surface area contributed by atoms with Crippen LogP contribution in [0.5, 0.6) is 5.75 Å². The van der Waals surface area contributed by atoms with Gasteiger partial charge >= 0.3 is 6.18 Å². The van der Waals surface area contributed by atoms with Crippen LogP contribution < -0.4 is 15.8 Å². The molecule has 4 aromatic rings. The van der Waals surface area contributed by atoms with Gasteiger partial charge in [0.15, 0.2) is 0 Å². The number of rotatable bonds is 7. The molecule has 3 N–H and O–H groups in total. The highest BCUT2D eigenvalue weighted by atomic mass is 19.4. The van der Waals surface area contributed by atoms with E-state index in [4.69, 9.17) is 10.5 Å². The van der Waals surface area contributed by atoms with Crippen molar-refractivity contribution in [1.82, 2.24) is 4.90 Å². The number of allylic oxidation sites excluding steroid dienone is 1. The first kappa shape index (κ1) is 38.3. The first-order valence-corrected chi connectivity index (χ1v) is 16.1. The molecular formula is C39H38F5N3O4. The lowest BCUT2D eigenvalue weighted by Gasteiger charge is -2.12. The lowest BCUT2D eigenvalue weighted by molar-refractivity contribution is -0.140. The molecule has 2 aliphatic rings. The number of hydrogen-bond acceptors (Lipinski definition) is 4. The smallest absolute Gasteiger partial charge is 0.419 e. The third-order valence-electron chi connectivity index (χ3n) is 8.70. The average molecular weight is 708 g/mol. The number of nitrogens with one attached hydrogen (secondary N) is 1. The van der Waals surface area contributed by atoms with Crippen molar-refractivity contribution in [1.29, 1.82) is 0 Å². The zero-order chi connectivity index (χ0) is 37.3. The summed E-state index contributed by atoms with van der Waals surface area (Å²) in [6.07, 6.45) is 3.69. The number of ether oxygens (including phenoxy) is 1. The fourth-order valence-electron chi connectivity index (χ4n) is 6.18. The number of primary amides is 1. The number of hydrogen-bond donors (Lipinski definition) is 2. The molecule has 7 nitrogen and oxygen atoms in total. The Labute approximate surface area is 292 Å². The molecule has 2 bridgehead atoms. The molecule has 12 heteroatoms. The van der Waals surface area contributed by atoms with E-state index in [1.165, 1.54) is 67.5 Å². The van der Waals surface area contributed by atoms with E-state index in [-0.39, 0.29) is 34.7 Å². The maximum atomic E-state index is 14.4. The number of fused-ring (bicyclic) bond motifs is 2. The lowest BCUT2D eigenvalue weighted by atomic mass is 10.00. The number of nitrogens with two attached hydrogens (primary N) is 1. The Morgan fingerprint density at radius 1 is 0.863 bits per heavy atom. The van der Waals surface area contributed by atoms with E-state index in [1.54, 1.807) is 31.8 Å². The third kappa shape index (κ3) is 9.80. The molecule has 2 saturated carbocycles. The van der Waals surface area contributed by atoms with E-state index in [9.17, 15) is 36.3 Å². The second kappa shape index (κ2) is 16.9. The van der Waals surface area contributed by atoms with Crippen molar-refractivity contribution in [2.24, 2.45) is 17.6 Å². The molecule has 0 aliphatic heterocycles. The predicted octanol–water partition coefficient (Wildman–Crippen LogP) is 8.60. The van der Waals surface area contributed by atoms with Crippen LogP contribution in [-0.2, 0) is 11.0 Å². The van der Waals surface area contributed by atoms with E-state index in [0.29, 0.717) is 23.4 Å². The van der Waals surface area contributed by atoms with Gasteiger partial charge in [0, 0.05) is 30.9 Å². The SMILES string of the molecule is C(=C1C2CCC1CC2)c1ccccc1.COc1ccc(-c2ccc(C(=O)N(C)C)cc2F)cc1C(N)=O.O=CNc1ccc(F)c(C(F)(F)F)c1. The van der Waals surface area contributed by atoms with Crippen molar-refractivity contribution in [2.75, 3.05) is 26.5 Å². The Hall–Kier alpha value is -5.52. The third-order valence-corrected chi connectivity index (χ3v) is 8.70. The van der Waals surface area contributed by atoms with Crippen molar-refractivity contribution in [3.05, 3.63) is 124 Å². The number of benzene rings is 4. The highest BCUT2D eigenvalue weighted by molar-refractivity contribution is 5.97. The second-order valence-corrected chi connectivity index (χ2v) is 12.2. The zero-order valence-electron chi connectivity index (χ0n) is 28.3. The Morgan fingerprint density at radius 2 is 1.51 bits per heavy atom. The number of amides is 3. The number of halogens is 5. The number of carbonyl (C=O) groups excluding carboxylic acids is 3. The molecule has 4 aromatic carbocycles. The summed E-state index contributed by atoms with van der Waals surface area (Å²) in [7, 11) is 4.61. The first-order chi connectivity index (χ1) is 24.2. The quantitative estimate of drug-likeness (QED) is 0.148. The molecule has 0 radical (unpaired) electrons. The summed E-state index contributed by atoms with van der Waals surface area (Å²) in [5.74, 6) is -0.694. The summed E-state index contributed by atoms with van der Waals surface area (Å²) in [4.78, 5) is 34.6. The van der Waals surface area contributed by atoms with Crippen LogP contribution in [0.15, 0.2) is 90.5 Å². The molecule has 268 valence electrons. The highest BCUT2D eigenvalue weighted by Crippen LogP contribution is 2.49. The molecule has 2 aliphatic carbocycles. The molecule has 0 saturated heterocycles. The minimum absolute atomic E-state index is 0.103. The molecule has 0 heterocycles. The number of carbonyl (C=O) groups is 3. The molecule has 6 rings (SSSR count). The van der Waals surface area contributed by atoms with Gasteiger partial charge < -0.3 is 20.7 Å². The van der Waals surface area contributed by atoms with E-state index >= 15 is 0 Å². The van der Waals surface area contributed by atoms with Crippen LogP contribution in [0.3, 0.4) is 0 Å². The Bertz CT molecular complexity index is 1870. The van der Waals surface area contributed by atoms with E-state index in [1.807, 2.05) is 5.32 Å². The number of methoxy groups -OCH3 is 1. The fraction of sp³-hybridized carbons (Fsp3) is 0.256. The standard InChI is InChI=1S/C17H17FN2O3.C14H16.C8H5F4NO/c1-20(2)17(22)11-4-6-12(14(18)9-11)10-5-7-15(23-3)13(8-10)16(19)21;1-2-4-11(5-3-1)10-14-12-6-7-13(14)9-8-12;9-7-2-1-5(13-4-14)3-6(7)8(10,11)12/h4-9H,1-3H3,(H2,19,21);1-5,10,12-13H,6-9H2;1-4H,(H,13,14). The van der Waals surface area contributed by atoms with Gasteiger partial charge in [-0.1, -0.05) is 54.1 Å². The van der Waals surface area contributed by atoms with Crippen LogP contribution in [0.4, 0.5) is 27.6 Å². The van der Waals surface area contributed by atoms with Gasteiger partial charge in [-0.25, -0.2) is 8.78 Å². The molecule has 0 unspecified atom stereocenters. The van der Waals surface area contributed by atoms with Crippen molar-refractivity contribution in [3.63, 3.8) is 0 Å². The van der Waals surface area contributed by atoms with Crippen LogP contribution in [-0.4, -0.2) is 44.3 Å². The topological polar surface area (TPSA) is 102 Å². The predicted molar refractivity (Wildman–Crippen MR) is 186 cm³/mol. The Morgan fingerprint density at radius 3 is 2.04 bits per heavy atom. The first-order valence-electron chi connectivity index (χ1n) is 16.1. The van der Waals surface area contributed by atoms with Crippen molar-refractivity contribution >= 4 is 30.0 Å². The van der Waals surface area contributed by atoms with Gasteiger partial charge in [-0.3, -0.25) is 14.4 Å². The molecule has 0 spiro atoms.